The lowest BCUT2D eigenvalue weighted by Gasteiger charge is -2.43. The Labute approximate surface area is 266 Å². The molecule has 3 aromatic carbocycles. The number of aromatic nitrogens is 3. The molecule has 5 aromatic rings. The lowest BCUT2D eigenvalue weighted by atomic mass is 9.71. The summed E-state index contributed by atoms with van der Waals surface area (Å²) in [5.41, 5.74) is 6.42. The summed E-state index contributed by atoms with van der Waals surface area (Å²) in [5, 5.41) is 18.2. The minimum absolute atomic E-state index is 0.421. The maximum absolute atomic E-state index is 12.8. The van der Waals surface area contributed by atoms with E-state index in [0.29, 0.717) is 11.5 Å². The van der Waals surface area contributed by atoms with Gasteiger partial charge in [-0.15, -0.1) is 0 Å². The number of pyridine rings is 1. The average molecular weight is 615 g/mol. The molecule has 4 N–H and O–H groups in total. The number of carbonyl (C=O) groups is 2. The Morgan fingerprint density at radius 1 is 0.935 bits per heavy atom. The Kier molecular flexibility index (Phi) is 7.00. The molecule has 7 rings (SSSR count). The van der Waals surface area contributed by atoms with Gasteiger partial charge in [0.25, 0.3) is 0 Å². The standard InChI is InChI=1S/C36H34N6O4/c1-35(2,3)46-34(45)41-36(19-7-20-36)24-15-11-23(12-16-24)30-29(22-13-17-25(18-14-22)38-33(43)44)40-32-26-8-4-5-9-27(26)39-31-28(42(30)32)10-6-21-37-31/h4-6,8-18,21,38H,7,19-20H2,1-3H3,(H,37,39)(H,41,45)(H,43,44). The van der Waals surface area contributed by atoms with Crippen molar-refractivity contribution in [1.82, 2.24) is 19.9 Å². The Balaban J connectivity index is 1.38. The van der Waals surface area contributed by atoms with E-state index in [1.165, 1.54) is 0 Å². The second-order valence-electron chi connectivity index (χ2n) is 12.7. The Hall–Kier alpha value is -5.64. The van der Waals surface area contributed by atoms with Crippen LogP contribution < -0.4 is 16.0 Å². The van der Waals surface area contributed by atoms with Crippen molar-refractivity contribution in [3.8, 4) is 39.6 Å². The number of hydrogen-bond acceptors (Lipinski definition) is 6. The number of carbonyl (C=O) groups excluding carboxylic acids is 1. The zero-order valence-corrected chi connectivity index (χ0v) is 25.8. The van der Waals surface area contributed by atoms with Crippen LogP contribution in [0, 0.1) is 0 Å². The third-order valence-corrected chi connectivity index (χ3v) is 8.39. The van der Waals surface area contributed by atoms with E-state index in [4.69, 9.17) is 9.72 Å². The zero-order valence-electron chi connectivity index (χ0n) is 25.8. The molecule has 0 atom stereocenters. The number of imidazole rings is 1. The van der Waals surface area contributed by atoms with Crippen LogP contribution in [0.1, 0.15) is 45.6 Å². The lowest BCUT2D eigenvalue weighted by molar-refractivity contribution is 0.0377. The molecule has 232 valence electrons. The summed E-state index contributed by atoms with van der Waals surface area (Å²) in [4.78, 5) is 34.0. The predicted octanol–water partition coefficient (Wildman–Crippen LogP) is 8.32. The van der Waals surface area contributed by atoms with Gasteiger partial charge in [0.2, 0.25) is 0 Å². The minimum Gasteiger partial charge on any atom is -0.465 e. The van der Waals surface area contributed by atoms with E-state index in [1.54, 1.807) is 18.3 Å². The summed E-state index contributed by atoms with van der Waals surface area (Å²) in [5.74, 6) is 1.45. The van der Waals surface area contributed by atoms with E-state index in [2.05, 4.69) is 49.8 Å². The SMILES string of the molecule is CC(C)(C)OC(=O)NC1(c2ccc(-c3c(-c4ccc(NC(=O)O)cc4)nc4n3-c3cccnc3Nc3ccccc3-4)cc2)CCC1. The molecule has 0 spiro atoms. The third kappa shape index (κ3) is 5.32. The Morgan fingerprint density at radius 2 is 1.65 bits per heavy atom. The highest BCUT2D eigenvalue weighted by Gasteiger charge is 2.41. The number of amides is 2. The highest BCUT2D eigenvalue weighted by molar-refractivity contribution is 5.91. The number of ether oxygens (including phenoxy) is 1. The number of fused-ring (bicyclic) bond motifs is 5. The van der Waals surface area contributed by atoms with Gasteiger partial charge in [-0.25, -0.2) is 19.6 Å². The number of rotatable bonds is 5. The first-order valence-electron chi connectivity index (χ1n) is 15.3. The van der Waals surface area contributed by atoms with E-state index in [0.717, 1.165) is 70.1 Å². The first-order chi connectivity index (χ1) is 22.1. The molecule has 2 amide bonds. The number of hydrogen-bond donors (Lipinski definition) is 4. The van der Waals surface area contributed by atoms with Gasteiger partial charge in [-0.3, -0.25) is 9.88 Å². The van der Waals surface area contributed by atoms with Crippen molar-refractivity contribution in [3.63, 3.8) is 0 Å². The van der Waals surface area contributed by atoms with Crippen molar-refractivity contribution in [1.29, 1.82) is 0 Å². The molecule has 1 aliphatic heterocycles. The summed E-state index contributed by atoms with van der Waals surface area (Å²) >= 11 is 0. The van der Waals surface area contributed by atoms with Crippen LogP contribution in [0.2, 0.25) is 0 Å². The van der Waals surface area contributed by atoms with Crippen LogP contribution in [0.5, 0.6) is 0 Å². The molecule has 1 saturated carbocycles. The molecule has 10 nitrogen and oxygen atoms in total. The van der Waals surface area contributed by atoms with E-state index in [-0.39, 0.29) is 0 Å². The van der Waals surface area contributed by atoms with Gasteiger partial charge in [0.05, 0.1) is 28.3 Å². The highest BCUT2D eigenvalue weighted by Crippen LogP contribution is 2.46. The Morgan fingerprint density at radius 3 is 2.33 bits per heavy atom. The second kappa shape index (κ2) is 11.1. The molecular weight excluding hydrogens is 580 g/mol. The Bertz CT molecular complexity index is 1950. The van der Waals surface area contributed by atoms with Gasteiger partial charge in [0.15, 0.2) is 5.82 Å². The molecule has 2 aliphatic rings. The molecule has 1 fully saturated rings. The normalized spacial score (nSPS) is 14.3. The summed E-state index contributed by atoms with van der Waals surface area (Å²) < 4.78 is 7.73. The van der Waals surface area contributed by atoms with Crippen molar-refractivity contribution >= 4 is 29.4 Å². The average Bonchev–Trinajstić information content (AvgIpc) is 3.33. The first-order valence-corrected chi connectivity index (χ1v) is 15.3. The van der Waals surface area contributed by atoms with Crippen LogP contribution in [0.3, 0.4) is 0 Å². The van der Waals surface area contributed by atoms with Crippen LogP contribution in [-0.2, 0) is 10.3 Å². The summed E-state index contributed by atoms with van der Waals surface area (Å²) in [6, 6.07) is 27.4. The van der Waals surface area contributed by atoms with Gasteiger partial charge in [-0.2, -0.15) is 0 Å². The number of anilines is 3. The van der Waals surface area contributed by atoms with Crippen LogP contribution in [0.25, 0.3) is 39.6 Å². The number of nitrogens with zero attached hydrogens (tertiary/aromatic N) is 3. The fourth-order valence-corrected chi connectivity index (χ4v) is 6.19. The monoisotopic (exact) mass is 614 g/mol. The van der Waals surface area contributed by atoms with Crippen LogP contribution >= 0.6 is 0 Å². The fraction of sp³-hybridized carbons (Fsp3) is 0.222. The summed E-state index contributed by atoms with van der Waals surface area (Å²) in [7, 11) is 0. The zero-order chi connectivity index (χ0) is 32.1. The fourth-order valence-electron chi connectivity index (χ4n) is 6.19. The number of para-hydroxylation sites is 1. The molecule has 46 heavy (non-hydrogen) atoms. The number of nitrogens with one attached hydrogen (secondary N) is 3. The number of carboxylic acid groups (broad SMARTS) is 1. The van der Waals surface area contributed by atoms with Crippen molar-refractivity contribution < 1.29 is 19.4 Å². The topological polar surface area (TPSA) is 130 Å². The van der Waals surface area contributed by atoms with Crippen LogP contribution in [-0.4, -0.2) is 37.4 Å². The molecule has 3 heterocycles. The van der Waals surface area contributed by atoms with E-state index in [9.17, 15) is 14.7 Å². The van der Waals surface area contributed by atoms with Gasteiger partial charge in [0.1, 0.15) is 11.4 Å². The summed E-state index contributed by atoms with van der Waals surface area (Å²) in [6.07, 6.45) is 2.89. The second-order valence-corrected chi connectivity index (χ2v) is 12.7. The maximum Gasteiger partial charge on any atom is 0.409 e. The maximum atomic E-state index is 12.8. The third-order valence-electron chi connectivity index (χ3n) is 8.39. The van der Waals surface area contributed by atoms with Crippen molar-refractivity contribution in [2.45, 2.75) is 51.2 Å². The van der Waals surface area contributed by atoms with Gasteiger partial charge < -0.3 is 20.5 Å². The van der Waals surface area contributed by atoms with Gasteiger partial charge in [0, 0.05) is 28.6 Å². The first kappa shape index (κ1) is 29.1. The molecule has 10 heteroatoms. The number of alkyl carbamates (subject to hydrolysis) is 1. The highest BCUT2D eigenvalue weighted by atomic mass is 16.6. The van der Waals surface area contributed by atoms with E-state index >= 15 is 0 Å². The van der Waals surface area contributed by atoms with Crippen molar-refractivity contribution in [3.05, 3.63) is 96.7 Å². The smallest absolute Gasteiger partial charge is 0.409 e. The molecule has 0 saturated heterocycles. The molecular formula is C36H34N6O4. The number of benzene rings is 3. The quantitative estimate of drug-likeness (QED) is 0.154. The molecule has 0 unspecified atom stereocenters. The molecule has 1 aliphatic carbocycles. The molecule has 2 aromatic heterocycles. The van der Waals surface area contributed by atoms with Gasteiger partial charge in [-0.1, -0.05) is 48.5 Å². The van der Waals surface area contributed by atoms with Gasteiger partial charge >= 0.3 is 12.2 Å². The van der Waals surface area contributed by atoms with E-state index < -0.39 is 23.3 Å². The van der Waals surface area contributed by atoms with Crippen molar-refractivity contribution in [2.24, 2.45) is 0 Å². The minimum atomic E-state index is -1.12. The van der Waals surface area contributed by atoms with Gasteiger partial charge in [-0.05, 0) is 82.0 Å². The van der Waals surface area contributed by atoms with E-state index in [1.807, 2.05) is 69.3 Å². The molecule has 0 radical (unpaired) electrons. The molecule has 0 bridgehead atoms. The predicted molar refractivity (Wildman–Crippen MR) is 177 cm³/mol. The van der Waals surface area contributed by atoms with Crippen LogP contribution in [0.15, 0.2) is 91.1 Å². The van der Waals surface area contributed by atoms with Crippen molar-refractivity contribution in [2.75, 3.05) is 10.6 Å². The van der Waals surface area contributed by atoms with Crippen LogP contribution in [0.4, 0.5) is 26.8 Å². The lowest BCUT2D eigenvalue weighted by Crippen LogP contribution is -2.52. The largest absolute Gasteiger partial charge is 0.465 e. The summed E-state index contributed by atoms with van der Waals surface area (Å²) in [6.45, 7) is 5.58.